The van der Waals surface area contributed by atoms with Crippen LogP contribution in [-0.2, 0) is 17.6 Å². The zero-order valence-electron chi connectivity index (χ0n) is 15.1. The van der Waals surface area contributed by atoms with Gasteiger partial charge >= 0.3 is 5.97 Å². The molecular formula is C22H27NO3. The van der Waals surface area contributed by atoms with Crippen molar-refractivity contribution in [3.05, 3.63) is 65.7 Å². The van der Waals surface area contributed by atoms with Gasteiger partial charge < -0.3 is 9.84 Å². The van der Waals surface area contributed by atoms with Gasteiger partial charge in [0.25, 0.3) is 0 Å². The van der Waals surface area contributed by atoms with Crippen LogP contribution in [0.15, 0.2) is 54.6 Å². The first-order chi connectivity index (χ1) is 12.7. The first kappa shape index (κ1) is 18.5. The first-order valence-electron chi connectivity index (χ1n) is 9.42. The number of carboxylic acid groups (broad SMARTS) is 1. The molecule has 2 aromatic rings. The minimum absolute atomic E-state index is 0.227. The molecule has 138 valence electrons. The van der Waals surface area contributed by atoms with Gasteiger partial charge in [0, 0.05) is 25.6 Å². The number of rotatable bonds is 11. The van der Waals surface area contributed by atoms with E-state index in [2.05, 4.69) is 29.2 Å². The SMILES string of the molecule is O=C(O)CCN(CCc1ccc(OCCc2ccccc2)cc1)C1CC1. The van der Waals surface area contributed by atoms with Crippen LogP contribution in [0, 0.1) is 0 Å². The largest absolute Gasteiger partial charge is 0.493 e. The van der Waals surface area contributed by atoms with Crippen LogP contribution in [0.3, 0.4) is 0 Å². The summed E-state index contributed by atoms with van der Waals surface area (Å²) in [5.74, 6) is 0.183. The van der Waals surface area contributed by atoms with Crippen molar-refractivity contribution in [1.29, 1.82) is 0 Å². The Hall–Kier alpha value is -2.33. The smallest absolute Gasteiger partial charge is 0.304 e. The van der Waals surface area contributed by atoms with Crippen LogP contribution in [0.2, 0.25) is 0 Å². The van der Waals surface area contributed by atoms with Crippen LogP contribution >= 0.6 is 0 Å². The van der Waals surface area contributed by atoms with Crippen LogP contribution in [0.4, 0.5) is 0 Å². The van der Waals surface area contributed by atoms with Crippen molar-refractivity contribution in [2.75, 3.05) is 19.7 Å². The van der Waals surface area contributed by atoms with Crippen molar-refractivity contribution in [2.24, 2.45) is 0 Å². The fourth-order valence-corrected chi connectivity index (χ4v) is 3.11. The second kappa shape index (κ2) is 9.39. The quantitative estimate of drug-likeness (QED) is 0.668. The van der Waals surface area contributed by atoms with E-state index >= 15 is 0 Å². The lowest BCUT2D eigenvalue weighted by atomic mass is 10.1. The predicted molar refractivity (Wildman–Crippen MR) is 103 cm³/mol. The maximum absolute atomic E-state index is 10.8. The fourth-order valence-electron chi connectivity index (χ4n) is 3.11. The van der Waals surface area contributed by atoms with Gasteiger partial charge in [-0.1, -0.05) is 42.5 Å². The summed E-state index contributed by atoms with van der Waals surface area (Å²) in [7, 11) is 0. The Morgan fingerprint density at radius 3 is 2.31 bits per heavy atom. The lowest BCUT2D eigenvalue weighted by molar-refractivity contribution is -0.137. The molecule has 1 aliphatic carbocycles. The minimum Gasteiger partial charge on any atom is -0.493 e. The van der Waals surface area contributed by atoms with E-state index in [-0.39, 0.29) is 6.42 Å². The van der Waals surface area contributed by atoms with Crippen molar-refractivity contribution < 1.29 is 14.6 Å². The highest BCUT2D eigenvalue weighted by Crippen LogP contribution is 2.27. The van der Waals surface area contributed by atoms with Gasteiger partial charge in [0.2, 0.25) is 0 Å². The van der Waals surface area contributed by atoms with Gasteiger partial charge in [0.05, 0.1) is 13.0 Å². The first-order valence-corrected chi connectivity index (χ1v) is 9.42. The van der Waals surface area contributed by atoms with E-state index in [1.807, 2.05) is 30.3 Å². The predicted octanol–water partition coefficient (Wildman–Crippen LogP) is 3.79. The van der Waals surface area contributed by atoms with E-state index in [0.717, 1.165) is 25.1 Å². The van der Waals surface area contributed by atoms with Crippen LogP contribution in [-0.4, -0.2) is 41.7 Å². The second-order valence-electron chi connectivity index (χ2n) is 6.89. The Bertz CT molecular complexity index is 680. The van der Waals surface area contributed by atoms with Crippen LogP contribution < -0.4 is 4.74 Å². The molecule has 1 fully saturated rings. The van der Waals surface area contributed by atoms with Crippen molar-refractivity contribution in [3.63, 3.8) is 0 Å². The molecule has 0 aromatic heterocycles. The zero-order chi connectivity index (χ0) is 18.2. The Morgan fingerprint density at radius 2 is 1.65 bits per heavy atom. The summed E-state index contributed by atoms with van der Waals surface area (Å²) in [6.45, 7) is 2.25. The Balaban J connectivity index is 1.41. The molecule has 1 aliphatic rings. The molecule has 1 N–H and O–H groups in total. The highest BCUT2D eigenvalue weighted by molar-refractivity contribution is 5.66. The molecule has 26 heavy (non-hydrogen) atoms. The summed E-state index contributed by atoms with van der Waals surface area (Å²) in [4.78, 5) is 13.1. The summed E-state index contributed by atoms with van der Waals surface area (Å²) >= 11 is 0. The molecule has 0 aliphatic heterocycles. The lowest BCUT2D eigenvalue weighted by Gasteiger charge is -2.21. The van der Waals surface area contributed by atoms with E-state index in [9.17, 15) is 4.79 Å². The number of carbonyl (C=O) groups is 1. The lowest BCUT2D eigenvalue weighted by Crippen LogP contribution is -2.30. The number of benzene rings is 2. The molecule has 0 radical (unpaired) electrons. The van der Waals surface area contributed by atoms with Crippen molar-refractivity contribution in [3.8, 4) is 5.75 Å². The molecule has 0 heterocycles. The topological polar surface area (TPSA) is 49.8 Å². The number of hydrogen-bond acceptors (Lipinski definition) is 3. The minimum atomic E-state index is -0.715. The number of hydrogen-bond donors (Lipinski definition) is 1. The molecule has 1 saturated carbocycles. The molecule has 3 rings (SSSR count). The van der Waals surface area contributed by atoms with E-state index in [4.69, 9.17) is 9.84 Å². The van der Waals surface area contributed by atoms with Gasteiger partial charge in [-0.3, -0.25) is 9.69 Å². The third-order valence-corrected chi connectivity index (χ3v) is 4.79. The third kappa shape index (κ3) is 6.19. The molecule has 0 spiro atoms. The van der Waals surface area contributed by atoms with E-state index < -0.39 is 5.97 Å². The maximum Gasteiger partial charge on any atom is 0.304 e. The van der Waals surface area contributed by atoms with Crippen LogP contribution in [0.5, 0.6) is 5.75 Å². The Morgan fingerprint density at radius 1 is 0.962 bits per heavy atom. The van der Waals surface area contributed by atoms with E-state index in [1.54, 1.807) is 0 Å². The van der Waals surface area contributed by atoms with Crippen LogP contribution in [0.1, 0.15) is 30.4 Å². The number of nitrogens with zero attached hydrogens (tertiary/aromatic N) is 1. The van der Waals surface area contributed by atoms with Crippen molar-refractivity contribution in [2.45, 2.75) is 38.1 Å². The Labute approximate surface area is 155 Å². The van der Waals surface area contributed by atoms with E-state index in [0.29, 0.717) is 19.2 Å². The average molecular weight is 353 g/mol. The third-order valence-electron chi connectivity index (χ3n) is 4.79. The molecule has 0 unspecified atom stereocenters. The van der Waals surface area contributed by atoms with Gasteiger partial charge in [-0.25, -0.2) is 0 Å². The standard InChI is InChI=1S/C22H27NO3/c24-22(25)13-16-23(20-8-9-20)15-12-19-6-10-21(11-7-19)26-17-14-18-4-2-1-3-5-18/h1-7,10-11,20H,8-9,12-17H2,(H,24,25). The number of ether oxygens (including phenoxy) is 1. The summed E-state index contributed by atoms with van der Waals surface area (Å²) in [6.07, 6.45) is 4.48. The van der Waals surface area contributed by atoms with E-state index in [1.165, 1.54) is 24.0 Å². The molecule has 0 atom stereocenters. The molecule has 0 amide bonds. The monoisotopic (exact) mass is 353 g/mol. The summed E-state index contributed by atoms with van der Waals surface area (Å²) in [6, 6.07) is 19.2. The average Bonchev–Trinajstić information content (AvgIpc) is 3.49. The number of aliphatic carboxylic acids is 1. The Kier molecular flexibility index (Phi) is 6.67. The highest BCUT2D eigenvalue weighted by Gasteiger charge is 2.28. The zero-order valence-corrected chi connectivity index (χ0v) is 15.1. The second-order valence-corrected chi connectivity index (χ2v) is 6.89. The van der Waals surface area contributed by atoms with Gasteiger partial charge in [-0.2, -0.15) is 0 Å². The van der Waals surface area contributed by atoms with Gasteiger partial charge in [0.15, 0.2) is 0 Å². The fraction of sp³-hybridized carbons (Fsp3) is 0.409. The summed E-state index contributed by atoms with van der Waals surface area (Å²) in [5, 5.41) is 8.88. The van der Waals surface area contributed by atoms with Crippen LogP contribution in [0.25, 0.3) is 0 Å². The molecule has 0 bridgehead atoms. The number of carboxylic acids is 1. The molecule has 2 aromatic carbocycles. The van der Waals surface area contributed by atoms with Gasteiger partial charge in [-0.05, 0) is 42.5 Å². The van der Waals surface area contributed by atoms with Crippen molar-refractivity contribution in [1.82, 2.24) is 4.90 Å². The highest BCUT2D eigenvalue weighted by atomic mass is 16.5. The van der Waals surface area contributed by atoms with Gasteiger partial charge in [0.1, 0.15) is 5.75 Å². The molecule has 4 heteroatoms. The summed E-state index contributed by atoms with van der Waals surface area (Å²) < 4.78 is 5.83. The molecular weight excluding hydrogens is 326 g/mol. The maximum atomic E-state index is 10.8. The molecule has 4 nitrogen and oxygen atoms in total. The molecule has 0 saturated heterocycles. The summed E-state index contributed by atoms with van der Waals surface area (Å²) in [5.41, 5.74) is 2.55. The van der Waals surface area contributed by atoms with Crippen molar-refractivity contribution >= 4 is 5.97 Å². The normalized spacial score (nSPS) is 13.7. The van der Waals surface area contributed by atoms with Gasteiger partial charge in [-0.15, -0.1) is 0 Å².